The molecule has 0 atom stereocenters. The molecule has 0 aromatic heterocycles. The topological polar surface area (TPSA) is 9.23 Å². The minimum atomic E-state index is -0.270. The summed E-state index contributed by atoms with van der Waals surface area (Å²) in [5.74, 6) is 0.391. The Morgan fingerprint density at radius 2 is 1.65 bits per heavy atom. The summed E-state index contributed by atoms with van der Waals surface area (Å²) < 4.78 is 20.3. The predicted octanol–water partition coefficient (Wildman–Crippen LogP) is 5.42. The molecule has 3 aromatic rings. The van der Waals surface area contributed by atoms with Crippen LogP contribution in [0.3, 0.4) is 0 Å². The van der Waals surface area contributed by atoms with Crippen molar-refractivity contribution in [3.8, 4) is 16.9 Å². The first kappa shape index (κ1) is 13.1. The number of rotatable bonds is 2. The van der Waals surface area contributed by atoms with E-state index in [0.29, 0.717) is 15.8 Å². The Hall–Kier alpha value is -1.87. The normalized spacial score (nSPS) is 10.8. The molecule has 0 radical (unpaired) electrons. The SMILES string of the molecule is COc1cc2ccccc2cc1-c1c(F)cccc1Br. The van der Waals surface area contributed by atoms with Gasteiger partial charge in [-0.3, -0.25) is 0 Å². The van der Waals surface area contributed by atoms with Crippen molar-refractivity contribution < 1.29 is 9.13 Å². The molecular formula is C17H12BrFO. The van der Waals surface area contributed by atoms with Crippen LogP contribution in [0.2, 0.25) is 0 Å². The fourth-order valence-corrected chi connectivity index (χ4v) is 2.89. The maximum absolute atomic E-state index is 14.2. The number of hydrogen-bond donors (Lipinski definition) is 0. The molecule has 0 aliphatic rings. The fraction of sp³-hybridized carbons (Fsp3) is 0.0588. The van der Waals surface area contributed by atoms with Gasteiger partial charge in [-0.15, -0.1) is 0 Å². The molecule has 100 valence electrons. The maximum atomic E-state index is 14.2. The van der Waals surface area contributed by atoms with Crippen molar-refractivity contribution >= 4 is 26.7 Å². The summed E-state index contributed by atoms with van der Waals surface area (Å²) in [6, 6.07) is 16.8. The average Bonchev–Trinajstić information content (AvgIpc) is 2.46. The van der Waals surface area contributed by atoms with Gasteiger partial charge in [-0.25, -0.2) is 4.39 Å². The first-order valence-corrected chi connectivity index (χ1v) is 7.01. The van der Waals surface area contributed by atoms with E-state index in [2.05, 4.69) is 15.9 Å². The third-order valence-electron chi connectivity index (χ3n) is 3.30. The van der Waals surface area contributed by atoms with Crippen LogP contribution >= 0.6 is 15.9 Å². The minimum Gasteiger partial charge on any atom is -0.496 e. The monoisotopic (exact) mass is 330 g/mol. The molecule has 3 heteroatoms. The van der Waals surface area contributed by atoms with E-state index in [4.69, 9.17) is 4.74 Å². The van der Waals surface area contributed by atoms with Gasteiger partial charge in [-0.05, 0) is 35.0 Å². The summed E-state index contributed by atoms with van der Waals surface area (Å²) in [4.78, 5) is 0. The molecule has 0 unspecified atom stereocenters. The van der Waals surface area contributed by atoms with E-state index in [9.17, 15) is 4.39 Å². The largest absolute Gasteiger partial charge is 0.496 e. The highest BCUT2D eigenvalue weighted by Crippen LogP contribution is 2.39. The lowest BCUT2D eigenvalue weighted by atomic mass is 9.99. The molecule has 0 saturated heterocycles. The van der Waals surface area contributed by atoms with Gasteiger partial charge in [-0.1, -0.05) is 46.3 Å². The van der Waals surface area contributed by atoms with Gasteiger partial charge >= 0.3 is 0 Å². The fourth-order valence-electron chi connectivity index (χ4n) is 2.34. The molecular weight excluding hydrogens is 319 g/mol. The molecule has 20 heavy (non-hydrogen) atoms. The number of hydrogen-bond acceptors (Lipinski definition) is 1. The van der Waals surface area contributed by atoms with Gasteiger partial charge in [0.15, 0.2) is 0 Å². The van der Waals surface area contributed by atoms with E-state index in [1.807, 2.05) is 42.5 Å². The van der Waals surface area contributed by atoms with Crippen LogP contribution < -0.4 is 4.74 Å². The lowest BCUT2D eigenvalue weighted by molar-refractivity contribution is 0.416. The van der Waals surface area contributed by atoms with Gasteiger partial charge in [0.05, 0.1) is 7.11 Å². The zero-order valence-electron chi connectivity index (χ0n) is 10.9. The first-order chi connectivity index (χ1) is 9.70. The van der Waals surface area contributed by atoms with Crippen molar-refractivity contribution in [2.24, 2.45) is 0 Å². The second-order valence-corrected chi connectivity index (χ2v) is 5.35. The van der Waals surface area contributed by atoms with E-state index >= 15 is 0 Å². The van der Waals surface area contributed by atoms with Crippen LogP contribution in [0.5, 0.6) is 5.75 Å². The van der Waals surface area contributed by atoms with E-state index in [1.54, 1.807) is 13.2 Å². The van der Waals surface area contributed by atoms with E-state index in [1.165, 1.54) is 6.07 Å². The van der Waals surface area contributed by atoms with Gasteiger partial charge in [0.1, 0.15) is 11.6 Å². The Morgan fingerprint density at radius 3 is 2.30 bits per heavy atom. The predicted molar refractivity (Wildman–Crippen MR) is 83.6 cm³/mol. The zero-order chi connectivity index (χ0) is 14.1. The molecule has 0 heterocycles. The smallest absolute Gasteiger partial charge is 0.132 e. The molecule has 0 fully saturated rings. The third-order valence-corrected chi connectivity index (χ3v) is 3.96. The van der Waals surface area contributed by atoms with Crippen LogP contribution in [-0.2, 0) is 0 Å². The molecule has 0 N–H and O–H groups in total. The summed E-state index contributed by atoms with van der Waals surface area (Å²) in [6.45, 7) is 0. The van der Waals surface area contributed by atoms with Gasteiger partial charge in [0.2, 0.25) is 0 Å². The molecule has 1 nitrogen and oxygen atoms in total. The van der Waals surface area contributed by atoms with Crippen LogP contribution in [0.15, 0.2) is 59.1 Å². The van der Waals surface area contributed by atoms with Crippen LogP contribution in [0, 0.1) is 5.82 Å². The van der Waals surface area contributed by atoms with Gasteiger partial charge in [-0.2, -0.15) is 0 Å². The minimum absolute atomic E-state index is 0.270. The molecule has 0 aliphatic heterocycles. The Labute approximate surface area is 125 Å². The summed E-state index contributed by atoms with van der Waals surface area (Å²) in [5, 5.41) is 2.12. The van der Waals surface area contributed by atoms with Crippen molar-refractivity contribution in [3.05, 3.63) is 64.9 Å². The molecule has 3 aromatic carbocycles. The van der Waals surface area contributed by atoms with Crippen molar-refractivity contribution in [2.45, 2.75) is 0 Å². The van der Waals surface area contributed by atoms with Crippen molar-refractivity contribution in [3.63, 3.8) is 0 Å². The van der Waals surface area contributed by atoms with E-state index < -0.39 is 0 Å². The number of ether oxygens (including phenoxy) is 1. The van der Waals surface area contributed by atoms with Gasteiger partial charge in [0.25, 0.3) is 0 Å². The number of benzene rings is 3. The molecule has 0 bridgehead atoms. The molecule has 0 amide bonds. The van der Waals surface area contributed by atoms with Crippen LogP contribution in [-0.4, -0.2) is 7.11 Å². The third kappa shape index (κ3) is 2.18. The van der Waals surface area contributed by atoms with Crippen LogP contribution in [0.25, 0.3) is 21.9 Å². The highest BCUT2D eigenvalue weighted by Gasteiger charge is 2.14. The second-order valence-electron chi connectivity index (χ2n) is 4.50. The number of fused-ring (bicyclic) bond motifs is 1. The average molecular weight is 331 g/mol. The Kier molecular flexibility index (Phi) is 3.45. The van der Waals surface area contributed by atoms with E-state index in [-0.39, 0.29) is 5.82 Å². The van der Waals surface area contributed by atoms with Crippen molar-refractivity contribution in [1.82, 2.24) is 0 Å². The highest BCUT2D eigenvalue weighted by atomic mass is 79.9. The molecule has 0 saturated carbocycles. The van der Waals surface area contributed by atoms with Gasteiger partial charge < -0.3 is 4.74 Å². The second kappa shape index (κ2) is 5.25. The maximum Gasteiger partial charge on any atom is 0.132 e. The molecule has 3 rings (SSSR count). The van der Waals surface area contributed by atoms with Crippen LogP contribution in [0.1, 0.15) is 0 Å². The number of methoxy groups -OCH3 is 1. The zero-order valence-corrected chi connectivity index (χ0v) is 12.4. The van der Waals surface area contributed by atoms with Crippen LogP contribution in [0.4, 0.5) is 4.39 Å². The molecule has 0 spiro atoms. The van der Waals surface area contributed by atoms with E-state index in [0.717, 1.165) is 16.3 Å². The highest BCUT2D eigenvalue weighted by molar-refractivity contribution is 9.10. The van der Waals surface area contributed by atoms with Crippen molar-refractivity contribution in [2.75, 3.05) is 7.11 Å². The van der Waals surface area contributed by atoms with Gasteiger partial charge in [0, 0.05) is 15.6 Å². The summed E-state index contributed by atoms with van der Waals surface area (Å²) in [7, 11) is 1.60. The summed E-state index contributed by atoms with van der Waals surface area (Å²) in [6.07, 6.45) is 0. The van der Waals surface area contributed by atoms with Crippen molar-refractivity contribution in [1.29, 1.82) is 0 Å². The summed E-state index contributed by atoms with van der Waals surface area (Å²) >= 11 is 3.42. The molecule has 0 aliphatic carbocycles. The Morgan fingerprint density at radius 1 is 0.950 bits per heavy atom. The number of halogens is 2. The first-order valence-electron chi connectivity index (χ1n) is 6.22. The lowest BCUT2D eigenvalue weighted by Crippen LogP contribution is -1.92. The quantitative estimate of drug-likeness (QED) is 0.609. The summed E-state index contributed by atoms with van der Waals surface area (Å²) in [5.41, 5.74) is 1.27. The lowest BCUT2D eigenvalue weighted by Gasteiger charge is -2.13. The Bertz CT molecular complexity index is 763. The Balaban J connectivity index is 2.35. The standard InChI is InChI=1S/C17H12BrFO/c1-20-16-10-12-6-3-2-5-11(12)9-13(16)17-14(18)7-4-8-15(17)19/h2-10H,1H3.